The van der Waals surface area contributed by atoms with Gasteiger partial charge in [0.1, 0.15) is 5.82 Å². The molecule has 2 fully saturated rings. The lowest BCUT2D eigenvalue weighted by Crippen LogP contribution is -2.39. The van der Waals surface area contributed by atoms with Gasteiger partial charge in [0.15, 0.2) is 5.65 Å². The monoisotopic (exact) mass is 506 g/mol. The fourth-order valence-electron chi connectivity index (χ4n) is 5.49. The molecule has 0 bridgehead atoms. The molecule has 1 atom stereocenters. The Morgan fingerprint density at radius 3 is 2.50 bits per heavy atom. The minimum absolute atomic E-state index is 0.0340. The van der Waals surface area contributed by atoms with Crippen LogP contribution in [0.5, 0.6) is 0 Å². The number of fused-ring (bicyclic) bond motifs is 1. The number of hydrogen-bond donors (Lipinski definition) is 1. The predicted molar refractivity (Wildman–Crippen MR) is 154 cm³/mol. The van der Waals surface area contributed by atoms with Gasteiger partial charge in [0.25, 0.3) is 5.91 Å². The molecule has 3 aromatic rings. The second-order valence-electron chi connectivity index (χ2n) is 10.6. The molecule has 1 aromatic carbocycles. The number of carbonyl (C=O) groups excluding carboxylic acids is 1. The van der Waals surface area contributed by atoms with Gasteiger partial charge in [-0.2, -0.15) is 9.61 Å². The van der Waals surface area contributed by atoms with E-state index in [0.29, 0.717) is 12.1 Å². The Bertz CT molecular complexity index is 1420. The van der Waals surface area contributed by atoms with Gasteiger partial charge in [-0.05, 0) is 71.3 Å². The summed E-state index contributed by atoms with van der Waals surface area (Å²) in [5, 5.41) is 5.10. The summed E-state index contributed by atoms with van der Waals surface area (Å²) in [5.41, 5.74) is 6.54. The molecule has 4 heterocycles. The summed E-state index contributed by atoms with van der Waals surface area (Å²) in [6, 6.07) is 7.99. The Labute approximate surface area is 215 Å². The molecule has 1 amide bonds. The quantitative estimate of drug-likeness (QED) is 0.479. The molecule has 7 nitrogen and oxygen atoms in total. The number of amides is 1. The van der Waals surface area contributed by atoms with Crippen LogP contribution in [-0.4, -0.2) is 63.0 Å². The molecule has 0 spiro atoms. The second kappa shape index (κ2) is 9.47. The number of likely N-dealkylation sites (tertiary alicyclic amines) is 1. The normalized spacial score (nSPS) is 18.7. The van der Waals surface area contributed by atoms with Crippen LogP contribution in [0, 0.1) is 20.8 Å². The lowest BCUT2D eigenvalue weighted by atomic mass is 9.97. The minimum atomic E-state index is -1.53. The molecule has 0 unspecified atom stereocenters. The third kappa shape index (κ3) is 4.71. The van der Waals surface area contributed by atoms with E-state index in [1.807, 2.05) is 40.8 Å². The van der Waals surface area contributed by atoms with Crippen LogP contribution >= 0.6 is 9.39 Å². The summed E-state index contributed by atoms with van der Waals surface area (Å²) in [7, 11) is -1.53. The van der Waals surface area contributed by atoms with E-state index in [1.165, 1.54) is 18.4 Å². The van der Waals surface area contributed by atoms with Crippen LogP contribution in [0.25, 0.3) is 5.65 Å². The summed E-state index contributed by atoms with van der Waals surface area (Å²) in [6.45, 7) is 9.04. The molecule has 192 valence electrons. The molecule has 0 saturated carbocycles. The molecular weight excluding hydrogens is 468 g/mol. The number of aromatic nitrogens is 3. The number of aryl methyl sites for hydroxylation is 2. The first-order valence-electron chi connectivity index (χ1n) is 12.9. The van der Waals surface area contributed by atoms with Crippen LogP contribution in [0.15, 0.2) is 24.3 Å². The Balaban J connectivity index is 1.55. The molecule has 2 aliphatic rings. The van der Waals surface area contributed by atoms with E-state index < -0.39 is 9.39 Å². The Morgan fingerprint density at radius 1 is 1.06 bits per heavy atom. The number of piperidine rings is 1. The Kier molecular flexibility index (Phi) is 6.49. The highest BCUT2D eigenvalue weighted by atomic mass is 32.2. The second-order valence-corrected chi connectivity index (χ2v) is 13.4. The number of nitrogens with one attached hydrogen (secondary N) is 1. The van der Waals surface area contributed by atoms with Gasteiger partial charge in [-0.15, -0.1) is 9.39 Å². The predicted octanol–water partition coefficient (Wildman–Crippen LogP) is 5.25. The first-order valence-corrected chi connectivity index (χ1v) is 15.3. The summed E-state index contributed by atoms with van der Waals surface area (Å²) in [6.07, 6.45) is 7.36. The standard InChI is InChI=1S/C28H38N6OS/c1-19-12-13-23(31-36(4,5)6)22(17-19)28(35)33-16-8-7-11-25(33)24-18-26-29-21(3)20(2)27(34(26)30-24)32-14-9-10-15-32/h12-13,17-18,25,31H,4-5,7-11,14-16H2,1-3,6H3/t25-/m0/s1. The van der Waals surface area contributed by atoms with E-state index in [0.717, 1.165) is 66.5 Å². The average molecular weight is 507 g/mol. The number of hydrogen-bond acceptors (Lipinski definition) is 5. The highest BCUT2D eigenvalue weighted by Crippen LogP contribution is 2.35. The van der Waals surface area contributed by atoms with Crippen molar-refractivity contribution in [2.75, 3.05) is 35.5 Å². The van der Waals surface area contributed by atoms with Gasteiger partial charge in [-0.25, -0.2) is 4.98 Å². The summed E-state index contributed by atoms with van der Waals surface area (Å²) in [5.74, 6) is 9.49. The number of carbonyl (C=O) groups is 1. The van der Waals surface area contributed by atoms with Crippen molar-refractivity contribution in [2.45, 2.75) is 58.9 Å². The van der Waals surface area contributed by atoms with E-state index in [2.05, 4.69) is 41.3 Å². The van der Waals surface area contributed by atoms with Crippen LogP contribution in [0.1, 0.15) is 71.0 Å². The number of rotatable bonds is 5. The summed E-state index contributed by atoms with van der Waals surface area (Å²) < 4.78 is 5.42. The molecule has 2 aliphatic heterocycles. The zero-order valence-electron chi connectivity index (χ0n) is 22.0. The SMILES string of the molecule is C=S(=C)(C)Nc1ccc(C)cc1C(=O)N1CCCC[C@H]1c1cc2nc(C)c(C)c(N3CCCC3)n2n1. The topological polar surface area (TPSA) is 65.8 Å². The molecule has 2 saturated heterocycles. The fraction of sp³-hybridized carbons (Fsp3) is 0.464. The minimum Gasteiger partial charge on any atom is -0.356 e. The molecule has 0 aliphatic carbocycles. The molecule has 2 aromatic heterocycles. The van der Waals surface area contributed by atoms with Gasteiger partial charge in [-0.1, -0.05) is 23.4 Å². The van der Waals surface area contributed by atoms with Crippen molar-refractivity contribution >= 4 is 44.2 Å². The highest BCUT2D eigenvalue weighted by molar-refractivity contribution is 8.28. The first kappa shape index (κ1) is 24.7. The van der Waals surface area contributed by atoms with Crippen molar-refractivity contribution in [3.63, 3.8) is 0 Å². The molecular formula is C28H38N6OS. The smallest absolute Gasteiger partial charge is 0.256 e. The van der Waals surface area contributed by atoms with Crippen molar-refractivity contribution < 1.29 is 4.79 Å². The van der Waals surface area contributed by atoms with Gasteiger partial charge < -0.3 is 14.5 Å². The van der Waals surface area contributed by atoms with E-state index in [-0.39, 0.29) is 11.9 Å². The molecule has 1 N–H and O–H groups in total. The average Bonchev–Trinajstić information content (AvgIpc) is 3.50. The molecule has 5 rings (SSSR count). The van der Waals surface area contributed by atoms with E-state index in [4.69, 9.17) is 10.1 Å². The van der Waals surface area contributed by atoms with Crippen LogP contribution in [0.2, 0.25) is 0 Å². The van der Waals surface area contributed by atoms with Crippen molar-refractivity contribution in [3.8, 4) is 0 Å². The van der Waals surface area contributed by atoms with Crippen molar-refractivity contribution in [2.24, 2.45) is 0 Å². The third-order valence-electron chi connectivity index (χ3n) is 7.34. The Morgan fingerprint density at radius 2 is 1.78 bits per heavy atom. The van der Waals surface area contributed by atoms with E-state index in [1.54, 1.807) is 0 Å². The largest absolute Gasteiger partial charge is 0.356 e. The zero-order valence-corrected chi connectivity index (χ0v) is 22.8. The van der Waals surface area contributed by atoms with Gasteiger partial charge in [-0.3, -0.25) is 4.79 Å². The van der Waals surface area contributed by atoms with Crippen LogP contribution in [0.3, 0.4) is 0 Å². The van der Waals surface area contributed by atoms with Crippen molar-refractivity contribution in [1.29, 1.82) is 0 Å². The Hall–Kier alpha value is -3.00. The van der Waals surface area contributed by atoms with Crippen LogP contribution in [0.4, 0.5) is 11.5 Å². The van der Waals surface area contributed by atoms with E-state index in [9.17, 15) is 4.79 Å². The number of benzene rings is 1. The maximum Gasteiger partial charge on any atom is 0.256 e. The summed E-state index contributed by atoms with van der Waals surface area (Å²) >= 11 is 0. The van der Waals surface area contributed by atoms with Crippen LogP contribution < -0.4 is 9.62 Å². The number of anilines is 2. The molecule has 36 heavy (non-hydrogen) atoms. The maximum absolute atomic E-state index is 14.0. The van der Waals surface area contributed by atoms with Crippen molar-refractivity contribution in [1.82, 2.24) is 19.5 Å². The third-order valence-corrected chi connectivity index (χ3v) is 8.06. The lowest BCUT2D eigenvalue weighted by Gasteiger charge is -2.35. The zero-order chi connectivity index (χ0) is 25.6. The first-order chi connectivity index (χ1) is 17.1. The maximum atomic E-state index is 14.0. The van der Waals surface area contributed by atoms with Gasteiger partial charge >= 0.3 is 0 Å². The van der Waals surface area contributed by atoms with Crippen molar-refractivity contribution in [3.05, 3.63) is 52.3 Å². The van der Waals surface area contributed by atoms with E-state index >= 15 is 0 Å². The summed E-state index contributed by atoms with van der Waals surface area (Å²) in [4.78, 5) is 23.3. The number of nitrogens with zero attached hydrogens (tertiary/aromatic N) is 5. The fourth-order valence-corrected chi connectivity index (χ4v) is 6.20. The van der Waals surface area contributed by atoms with Gasteiger partial charge in [0.2, 0.25) is 0 Å². The van der Waals surface area contributed by atoms with Gasteiger partial charge in [0, 0.05) is 37.0 Å². The molecule has 8 heteroatoms. The van der Waals surface area contributed by atoms with Crippen LogP contribution in [-0.2, 0) is 0 Å². The lowest BCUT2D eigenvalue weighted by molar-refractivity contribution is 0.0606. The van der Waals surface area contributed by atoms with Gasteiger partial charge in [0.05, 0.1) is 23.0 Å². The molecule has 0 radical (unpaired) electrons. The highest BCUT2D eigenvalue weighted by Gasteiger charge is 2.32.